The molecule has 0 unspecified atom stereocenters. The number of rotatable bonds is 6. The lowest BCUT2D eigenvalue weighted by Gasteiger charge is -2.28. The Morgan fingerprint density at radius 2 is 1.97 bits per heavy atom. The van der Waals surface area contributed by atoms with Crippen molar-refractivity contribution in [3.8, 4) is 17.2 Å². The molecule has 2 aromatic rings. The lowest BCUT2D eigenvalue weighted by Crippen LogP contribution is -2.36. The standard InChI is InChI=1S/C27H29NO7/c1-15-11-17-12-16(6-9-21(17)35-15)25(29)23-24(20-8-7-18(32-2)13-22(20)33-3)28(27(31)26(23)30)14-19-5-4-10-34-19/h6-9,12-13,15,19,24,29H,4-5,10-11,14H2,1-3H3/t15-,19+,24+/m1/s1. The topological polar surface area (TPSA) is 94.5 Å². The smallest absolute Gasteiger partial charge is 0.295 e. The first kappa shape index (κ1) is 23.2. The van der Waals surface area contributed by atoms with Gasteiger partial charge in [0.15, 0.2) is 0 Å². The van der Waals surface area contributed by atoms with Crippen LogP contribution in [0.2, 0.25) is 0 Å². The van der Waals surface area contributed by atoms with Gasteiger partial charge in [0.2, 0.25) is 0 Å². The van der Waals surface area contributed by atoms with E-state index < -0.39 is 17.7 Å². The molecule has 3 aliphatic heterocycles. The maximum Gasteiger partial charge on any atom is 0.295 e. The number of carbonyl (C=O) groups is 2. The Labute approximate surface area is 204 Å². The van der Waals surface area contributed by atoms with Crippen molar-refractivity contribution in [2.45, 2.75) is 44.4 Å². The first-order valence-corrected chi connectivity index (χ1v) is 11.8. The van der Waals surface area contributed by atoms with Gasteiger partial charge >= 0.3 is 0 Å². The van der Waals surface area contributed by atoms with Crippen molar-refractivity contribution in [3.05, 3.63) is 58.7 Å². The molecule has 2 fully saturated rings. The van der Waals surface area contributed by atoms with E-state index in [2.05, 4.69) is 0 Å². The Morgan fingerprint density at radius 1 is 1.14 bits per heavy atom. The van der Waals surface area contributed by atoms with Gasteiger partial charge in [0.05, 0.1) is 31.9 Å². The van der Waals surface area contributed by atoms with Crippen LogP contribution in [0.4, 0.5) is 0 Å². The zero-order chi connectivity index (χ0) is 24.7. The molecule has 0 bridgehead atoms. The van der Waals surface area contributed by atoms with Gasteiger partial charge in [-0.15, -0.1) is 0 Å². The number of benzene rings is 2. The summed E-state index contributed by atoms with van der Waals surface area (Å²) >= 11 is 0. The first-order chi connectivity index (χ1) is 16.9. The lowest BCUT2D eigenvalue weighted by atomic mass is 9.93. The highest BCUT2D eigenvalue weighted by Gasteiger charge is 2.48. The predicted molar refractivity (Wildman–Crippen MR) is 128 cm³/mol. The van der Waals surface area contributed by atoms with Crippen LogP contribution in [0.1, 0.15) is 42.5 Å². The molecule has 3 aliphatic rings. The monoisotopic (exact) mass is 479 g/mol. The summed E-state index contributed by atoms with van der Waals surface area (Å²) in [4.78, 5) is 28.1. The number of ketones is 1. The highest BCUT2D eigenvalue weighted by molar-refractivity contribution is 6.46. The van der Waals surface area contributed by atoms with Gasteiger partial charge in [-0.3, -0.25) is 9.59 Å². The van der Waals surface area contributed by atoms with Crippen LogP contribution in [-0.2, 0) is 20.7 Å². The Morgan fingerprint density at radius 3 is 2.69 bits per heavy atom. The van der Waals surface area contributed by atoms with Crippen LogP contribution in [0.15, 0.2) is 42.0 Å². The number of aliphatic hydroxyl groups is 1. The normalized spacial score (nSPS) is 25.0. The maximum absolute atomic E-state index is 13.4. The van der Waals surface area contributed by atoms with Crippen LogP contribution in [-0.4, -0.2) is 61.3 Å². The molecule has 0 aliphatic carbocycles. The number of aliphatic hydroxyl groups excluding tert-OH is 1. The van der Waals surface area contributed by atoms with E-state index in [0.717, 1.165) is 24.2 Å². The number of hydrogen-bond acceptors (Lipinski definition) is 7. The van der Waals surface area contributed by atoms with Crippen LogP contribution in [0.3, 0.4) is 0 Å². The molecule has 0 aromatic heterocycles. The second-order valence-corrected chi connectivity index (χ2v) is 9.15. The van der Waals surface area contributed by atoms with Crippen LogP contribution in [0.5, 0.6) is 17.2 Å². The van der Waals surface area contributed by atoms with Crippen molar-refractivity contribution in [2.75, 3.05) is 27.4 Å². The molecule has 0 spiro atoms. The molecular formula is C27H29NO7. The van der Waals surface area contributed by atoms with Crippen LogP contribution >= 0.6 is 0 Å². The quantitative estimate of drug-likeness (QED) is 0.384. The van der Waals surface area contributed by atoms with Gasteiger partial charge < -0.3 is 29.0 Å². The summed E-state index contributed by atoms with van der Waals surface area (Å²) in [6.45, 7) is 2.85. The zero-order valence-electron chi connectivity index (χ0n) is 20.1. The Bertz CT molecular complexity index is 1200. The highest BCUT2D eigenvalue weighted by Crippen LogP contribution is 2.44. The van der Waals surface area contributed by atoms with Crippen molar-refractivity contribution in [3.63, 3.8) is 0 Å². The molecule has 8 heteroatoms. The zero-order valence-corrected chi connectivity index (χ0v) is 20.1. The fourth-order valence-electron chi connectivity index (χ4n) is 5.17. The summed E-state index contributed by atoms with van der Waals surface area (Å²) in [5, 5.41) is 11.4. The van der Waals surface area contributed by atoms with E-state index in [0.29, 0.717) is 35.7 Å². The minimum absolute atomic E-state index is 0.0309. The Hall–Kier alpha value is -3.52. The first-order valence-electron chi connectivity index (χ1n) is 11.8. The number of methoxy groups -OCH3 is 2. The van der Waals surface area contributed by atoms with Gasteiger partial charge in [-0.05, 0) is 55.7 Å². The maximum atomic E-state index is 13.4. The molecule has 1 N–H and O–H groups in total. The number of ether oxygens (including phenoxy) is 4. The molecule has 3 atom stereocenters. The van der Waals surface area contributed by atoms with Gasteiger partial charge in [0.1, 0.15) is 29.1 Å². The van der Waals surface area contributed by atoms with Crippen LogP contribution in [0.25, 0.3) is 5.76 Å². The minimum atomic E-state index is -0.830. The molecule has 5 rings (SSSR count). The molecule has 1 amide bonds. The summed E-state index contributed by atoms with van der Waals surface area (Å²) in [6.07, 6.45) is 2.29. The molecule has 8 nitrogen and oxygen atoms in total. The third kappa shape index (κ3) is 4.12. The van der Waals surface area contributed by atoms with E-state index in [9.17, 15) is 14.7 Å². The lowest BCUT2D eigenvalue weighted by molar-refractivity contribution is -0.140. The number of likely N-dealkylation sites (tertiary alicyclic amines) is 1. The molecule has 2 saturated heterocycles. The fourth-order valence-corrected chi connectivity index (χ4v) is 5.17. The fraction of sp³-hybridized carbons (Fsp3) is 0.407. The van der Waals surface area contributed by atoms with Crippen molar-refractivity contribution < 1.29 is 33.6 Å². The van der Waals surface area contributed by atoms with E-state index >= 15 is 0 Å². The number of carbonyl (C=O) groups excluding carboxylic acids is 2. The van der Waals surface area contributed by atoms with Gasteiger partial charge in [0, 0.05) is 36.8 Å². The van der Waals surface area contributed by atoms with Crippen LogP contribution < -0.4 is 14.2 Å². The number of hydrogen-bond donors (Lipinski definition) is 1. The molecule has 3 heterocycles. The predicted octanol–water partition coefficient (Wildman–Crippen LogP) is 3.63. The summed E-state index contributed by atoms with van der Waals surface area (Å²) in [5.41, 5.74) is 2.04. The third-order valence-electron chi connectivity index (χ3n) is 6.87. The molecule has 2 aromatic carbocycles. The van der Waals surface area contributed by atoms with Crippen LogP contribution in [0, 0.1) is 0 Å². The van der Waals surface area contributed by atoms with E-state index in [1.54, 1.807) is 37.4 Å². The van der Waals surface area contributed by atoms with Gasteiger partial charge in [-0.25, -0.2) is 0 Å². The van der Waals surface area contributed by atoms with Crippen molar-refractivity contribution in [2.24, 2.45) is 0 Å². The Balaban J connectivity index is 1.64. The van der Waals surface area contributed by atoms with E-state index in [-0.39, 0.29) is 30.1 Å². The van der Waals surface area contributed by atoms with Crippen molar-refractivity contribution >= 4 is 17.4 Å². The molecular weight excluding hydrogens is 450 g/mol. The average molecular weight is 480 g/mol. The molecule has 184 valence electrons. The third-order valence-corrected chi connectivity index (χ3v) is 6.87. The van der Waals surface area contributed by atoms with E-state index in [1.165, 1.54) is 12.0 Å². The van der Waals surface area contributed by atoms with E-state index in [4.69, 9.17) is 18.9 Å². The summed E-state index contributed by atoms with van der Waals surface area (Å²) in [6, 6.07) is 9.71. The summed E-state index contributed by atoms with van der Waals surface area (Å²) < 4.78 is 22.5. The van der Waals surface area contributed by atoms with Crippen molar-refractivity contribution in [1.29, 1.82) is 0 Å². The van der Waals surface area contributed by atoms with E-state index in [1.807, 2.05) is 13.0 Å². The number of amides is 1. The number of fused-ring (bicyclic) bond motifs is 1. The van der Waals surface area contributed by atoms with Gasteiger partial charge in [-0.2, -0.15) is 0 Å². The second kappa shape index (κ2) is 9.26. The summed E-state index contributed by atoms with van der Waals surface area (Å²) in [5.74, 6) is 0.186. The van der Waals surface area contributed by atoms with Gasteiger partial charge in [-0.1, -0.05) is 0 Å². The molecule has 35 heavy (non-hydrogen) atoms. The second-order valence-electron chi connectivity index (χ2n) is 9.15. The summed E-state index contributed by atoms with van der Waals surface area (Å²) in [7, 11) is 3.07. The largest absolute Gasteiger partial charge is 0.507 e. The van der Waals surface area contributed by atoms with Gasteiger partial charge in [0.25, 0.3) is 11.7 Å². The number of nitrogens with zero attached hydrogens (tertiary/aromatic N) is 1. The number of Topliss-reactive ketones (excluding diaryl/α,β-unsaturated/α-hetero) is 1. The average Bonchev–Trinajstić information content (AvgIpc) is 3.57. The van der Waals surface area contributed by atoms with Crippen molar-refractivity contribution in [1.82, 2.24) is 4.90 Å². The Kier molecular flexibility index (Phi) is 6.15. The minimum Gasteiger partial charge on any atom is -0.507 e. The molecule has 0 saturated carbocycles. The highest BCUT2D eigenvalue weighted by atomic mass is 16.5. The SMILES string of the molecule is COc1ccc([C@H]2C(=C(O)c3ccc4c(c3)C[C@@H](C)O4)C(=O)C(=O)N2C[C@@H]2CCCO2)c(OC)c1. The molecule has 0 radical (unpaired) electrons.